The molecular weight excluding hydrogens is 268 g/mol. The van der Waals surface area contributed by atoms with Crippen LogP contribution in [-0.4, -0.2) is 27.0 Å². The third-order valence-electron chi connectivity index (χ3n) is 2.73. The minimum Gasteiger partial charge on any atom is -0.484 e. The molecule has 0 bridgehead atoms. The molecule has 1 aromatic carbocycles. The van der Waals surface area contributed by atoms with Crippen LogP contribution in [0.25, 0.3) is 0 Å². The van der Waals surface area contributed by atoms with E-state index < -0.39 is 15.9 Å². The molecule has 1 aliphatic rings. The number of amides is 1. The highest BCUT2D eigenvalue weighted by Crippen LogP contribution is 2.25. The molecule has 3 N–H and O–H groups in total. The van der Waals surface area contributed by atoms with Crippen molar-refractivity contribution in [2.75, 3.05) is 6.61 Å². The van der Waals surface area contributed by atoms with Gasteiger partial charge in [-0.3, -0.25) is 4.79 Å². The van der Waals surface area contributed by atoms with Crippen molar-refractivity contribution >= 4 is 15.9 Å². The highest BCUT2D eigenvalue weighted by Gasteiger charge is 2.28. The lowest BCUT2D eigenvalue weighted by Gasteiger charge is -2.10. The maximum absolute atomic E-state index is 12.0. The summed E-state index contributed by atoms with van der Waals surface area (Å²) in [4.78, 5) is 10.8. The van der Waals surface area contributed by atoms with E-state index in [1.807, 2.05) is 0 Å². The van der Waals surface area contributed by atoms with Gasteiger partial charge in [0.1, 0.15) is 5.75 Å². The number of hydrogen-bond donors (Lipinski definition) is 2. The van der Waals surface area contributed by atoms with E-state index in [0.717, 1.165) is 12.8 Å². The van der Waals surface area contributed by atoms with E-state index in [2.05, 4.69) is 4.72 Å². The highest BCUT2D eigenvalue weighted by molar-refractivity contribution is 7.89. The number of primary amides is 1. The number of carbonyl (C=O) groups is 1. The summed E-state index contributed by atoms with van der Waals surface area (Å²) < 4.78 is 31.7. The molecule has 6 nitrogen and oxygen atoms in total. The minimum atomic E-state index is -3.46. The Bertz CT molecular complexity index is 594. The predicted octanol–water partition coefficient (Wildman–Crippen LogP) is 0.300. The van der Waals surface area contributed by atoms with Gasteiger partial charge in [0.15, 0.2) is 6.61 Å². The van der Waals surface area contributed by atoms with Crippen LogP contribution < -0.4 is 15.2 Å². The van der Waals surface area contributed by atoms with E-state index in [1.54, 1.807) is 6.92 Å². The number of aryl methyl sites for hydroxylation is 1. The lowest BCUT2D eigenvalue weighted by molar-refractivity contribution is -0.119. The number of hydrogen-bond acceptors (Lipinski definition) is 4. The van der Waals surface area contributed by atoms with Crippen molar-refractivity contribution in [1.82, 2.24) is 4.72 Å². The van der Waals surface area contributed by atoms with Gasteiger partial charge < -0.3 is 10.5 Å². The average Bonchev–Trinajstić information content (AvgIpc) is 3.10. The van der Waals surface area contributed by atoms with Gasteiger partial charge >= 0.3 is 0 Å². The maximum atomic E-state index is 12.0. The molecule has 19 heavy (non-hydrogen) atoms. The molecule has 1 aromatic rings. The minimum absolute atomic E-state index is 0.0658. The summed E-state index contributed by atoms with van der Waals surface area (Å²) in [7, 11) is -3.46. The zero-order valence-electron chi connectivity index (χ0n) is 10.5. The Hall–Kier alpha value is -1.60. The van der Waals surface area contributed by atoms with E-state index in [1.165, 1.54) is 18.2 Å². The van der Waals surface area contributed by atoms with Gasteiger partial charge in [0.05, 0.1) is 4.90 Å². The Morgan fingerprint density at radius 3 is 2.68 bits per heavy atom. The molecule has 0 atom stereocenters. The molecule has 0 saturated heterocycles. The topological polar surface area (TPSA) is 98.5 Å². The van der Waals surface area contributed by atoms with Crippen LogP contribution in [0.4, 0.5) is 0 Å². The third-order valence-corrected chi connectivity index (χ3v) is 4.24. The van der Waals surface area contributed by atoms with Crippen molar-refractivity contribution in [3.05, 3.63) is 23.8 Å². The molecule has 0 spiro atoms. The summed E-state index contributed by atoms with van der Waals surface area (Å²) in [5, 5.41) is 0. The summed E-state index contributed by atoms with van der Waals surface area (Å²) in [6.07, 6.45) is 1.77. The van der Waals surface area contributed by atoms with Crippen LogP contribution in [-0.2, 0) is 14.8 Å². The second-order valence-electron chi connectivity index (χ2n) is 4.58. The molecular formula is C12H16N2O4S. The normalized spacial score (nSPS) is 15.2. The molecule has 1 amide bonds. The fraction of sp³-hybridized carbons (Fsp3) is 0.417. The molecule has 0 aliphatic heterocycles. The monoisotopic (exact) mass is 284 g/mol. The average molecular weight is 284 g/mol. The third kappa shape index (κ3) is 3.68. The summed E-state index contributed by atoms with van der Waals surface area (Å²) in [6.45, 7) is 1.49. The van der Waals surface area contributed by atoms with Crippen LogP contribution in [0.1, 0.15) is 18.4 Å². The maximum Gasteiger partial charge on any atom is 0.255 e. The number of benzene rings is 1. The van der Waals surface area contributed by atoms with Crippen molar-refractivity contribution in [3.8, 4) is 5.75 Å². The van der Waals surface area contributed by atoms with Gasteiger partial charge in [0.2, 0.25) is 10.0 Å². The summed E-state index contributed by atoms with van der Waals surface area (Å²) in [6, 6.07) is 4.56. The van der Waals surface area contributed by atoms with Gasteiger partial charge in [-0.1, -0.05) is 0 Å². The fourth-order valence-corrected chi connectivity index (χ4v) is 2.98. The molecule has 0 heterocycles. The first-order valence-corrected chi connectivity index (χ1v) is 7.41. The van der Waals surface area contributed by atoms with E-state index in [9.17, 15) is 13.2 Å². The first kappa shape index (κ1) is 13.8. The highest BCUT2D eigenvalue weighted by atomic mass is 32.2. The fourth-order valence-electron chi connectivity index (χ4n) is 1.59. The van der Waals surface area contributed by atoms with Crippen LogP contribution >= 0.6 is 0 Å². The van der Waals surface area contributed by atoms with Gasteiger partial charge in [0, 0.05) is 6.04 Å². The van der Waals surface area contributed by atoms with Crippen molar-refractivity contribution in [2.45, 2.75) is 30.7 Å². The molecule has 0 radical (unpaired) electrons. The summed E-state index contributed by atoms with van der Waals surface area (Å²) >= 11 is 0. The number of ether oxygens (including phenoxy) is 1. The van der Waals surface area contributed by atoms with Crippen LogP contribution in [0.5, 0.6) is 5.75 Å². The first-order chi connectivity index (χ1) is 8.88. The molecule has 2 rings (SSSR count). The molecule has 0 unspecified atom stereocenters. The second-order valence-corrected chi connectivity index (χ2v) is 6.29. The number of carbonyl (C=O) groups excluding carboxylic acids is 1. The molecule has 7 heteroatoms. The largest absolute Gasteiger partial charge is 0.484 e. The second kappa shape index (κ2) is 5.18. The lowest BCUT2D eigenvalue weighted by atomic mass is 10.2. The molecule has 0 aromatic heterocycles. The van der Waals surface area contributed by atoms with Crippen molar-refractivity contribution < 1.29 is 17.9 Å². The Balaban J connectivity index is 2.15. The van der Waals surface area contributed by atoms with Crippen LogP contribution in [0.15, 0.2) is 23.1 Å². The van der Waals surface area contributed by atoms with E-state index in [-0.39, 0.29) is 17.5 Å². The lowest BCUT2D eigenvalue weighted by Crippen LogP contribution is -2.25. The SMILES string of the molecule is Cc1cc(S(=O)(=O)NC2CC2)ccc1OCC(N)=O. The van der Waals surface area contributed by atoms with Crippen LogP contribution in [0.3, 0.4) is 0 Å². The molecule has 1 aliphatic carbocycles. The van der Waals surface area contributed by atoms with Gasteiger partial charge in [-0.15, -0.1) is 0 Å². The molecule has 1 fully saturated rings. The first-order valence-electron chi connectivity index (χ1n) is 5.92. The van der Waals surface area contributed by atoms with Gasteiger partial charge in [-0.05, 0) is 43.5 Å². The Morgan fingerprint density at radius 1 is 1.47 bits per heavy atom. The van der Waals surface area contributed by atoms with Crippen LogP contribution in [0.2, 0.25) is 0 Å². The smallest absolute Gasteiger partial charge is 0.255 e. The van der Waals surface area contributed by atoms with E-state index in [0.29, 0.717) is 11.3 Å². The quantitative estimate of drug-likeness (QED) is 0.785. The van der Waals surface area contributed by atoms with Crippen molar-refractivity contribution in [2.24, 2.45) is 5.73 Å². The van der Waals surface area contributed by atoms with Gasteiger partial charge in [0.25, 0.3) is 5.91 Å². The Labute approximate surface area is 112 Å². The number of sulfonamides is 1. The predicted molar refractivity (Wildman–Crippen MR) is 69.2 cm³/mol. The van der Waals surface area contributed by atoms with Gasteiger partial charge in [-0.25, -0.2) is 13.1 Å². The number of rotatable bonds is 6. The zero-order valence-corrected chi connectivity index (χ0v) is 11.4. The van der Waals surface area contributed by atoms with Crippen LogP contribution in [0, 0.1) is 6.92 Å². The zero-order chi connectivity index (χ0) is 14.0. The summed E-state index contributed by atoms with van der Waals surface area (Å²) in [5.74, 6) is -0.129. The van der Waals surface area contributed by atoms with Gasteiger partial charge in [-0.2, -0.15) is 0 Å². The standard InChI is InChI=1S/C12H16N2O4S/c1-8-6-10(19(16,17)14-9-2-3-9)4-5-11(8)18-7-12(13)15/h4-6,9,14H,2-3,7H2,1H3,(H2,13,15). The number of nitrogens with two attached hydrogens (primary N) is 1. The van der Waals surface area contributed by atoms with E-state index >= 15 is 0 Å². The Morgan fingerprint density at radius 2 is 2.16 bits per heavy atom. The molecule has 104 valence electrons. The number of nitrogens with one attached hydrogen (secondary N) is 1. The van der Waals surface area contributed by atoms with E-state index in [4.69, 9.17) is 10.5 Å². The summed E-state index contributed by atoms with van der Waals surface area (Å²) in [5.41, 5.74) is 5.62. The molecule has 1 saturated carbocycles. The van der Waals surface area contributed by atoms with Crippen molar-refractivity contribution in [1.29, 1.82) is 0 Å². The van der Waals surface area contributed by atoms with Crippen molar-refractivity contribution in [3.63, 3.8) is 0 Å². The Kier molecular flexibility index (Phi) is 3.77.